The summed E-state index contributed by atoms with van der Waals surface area (Å²) in [5.41, 5.74) is 1.08. The second-order valence-electron chi connectivity index (χ2n) is 7.68. The van der Waals surface area contributed by atoms with Crippen LogP contribution in [-0.2, 0) is 4.79 Å². The van der Waals surface area contributed by atoms with E-state index in [4.69, 9.17) is 11.6 Å². The number of thioether (sulfide) groups is 1. The van der Waals surface area contributed by atoms with E-state index < -0.39 is 5.82 Å². The first-order valence-corrected chi connectivity index (χ1v) is 11.7. The zero-order chi connectivity index (χ0) is 22.7. The Morgan fingerprint density at radius 1 is 1.19 bits per heavy atom. The molecular formula is C23H22ClFN4O2S. The van der Waals surface area contributed by atoms with Crippen LogP contribution in [0.4, 0.5) is 10.1 Å². The largest absolute Gasteiger partial charge is 0.326 e. The number of anilines is 1. The van der Waals surface area contributed by atoms with Crippen molar-refractivity contribution in [3.63, 3.8) is 0 Å². The van der Waals surface area contributed by atoms with Crippen molar-refractivity contribution in [3.05, 3.63) is 58.9 Å². The highest BCUT2D eigenvalue weighted by atomic mass is 35.5. The standard InChI is InChI=1S/C23H22ClFN4O2S/c1-14(30)26-15-10-11-18(20(25)12-15)21(31)13-32-23-28-27-22(17-8-4-5-9-19(17)24)29(23)16-6-2-3-7-16/h4-5,8-12,16H,2-3,6-7,13H2,1H3,(H,26,30). The maximum atomic E-state index is 14.4. The number of carbonyl (C=O) groups excluding carboxylic acids is 2. The van der Waals surface area contributed by atoms with E-state index in [1.54, 1.807) is 0 Å². The molecule has 0 spiro atoms. The number of aromatic nitrogens is 3. The van der Waals surface area contributed by atoms with Gasteiger partial charge in [0.15, 0.2) is 16.8 Å². The zero-order valence-corrected chi connectivity index (χ0v) is 19.0. The maximum Gasteiger partial charge on any atom is 0.221 e. The molecule has 9 heteroatoms. The molecule has 1 fully saturated rings. The number of benzene rings is 2. The first-order chi connectivity index (χ1) is 15.4. The molecule has 1 heterocycles. The summed E-state index contributed by atoms with van der Waals surface area (Å²) in [4.78, 5) is 23.9. The van der Waals surface area contributed by atoms with E-state index in [1.807, 2.05) is 24.3 Å². The Bertz CT molecular complexity index is 1160. The van der Waals surface area contributed by atoms with E-state index in [0.29, 0.717) is 21.7 Å². The van der Waals surface area contributed by atoms with E-state index in [2.05, 4.69) is 20.1 Å². The lowest BCUT2D eigenvalue weighted by molar-refractivity contribution is -0.114. The van der Waals surface area contributed by atoms with Gasteiger partial charge in [-0.05, 0) is 43.2 Å². The van der Waals surface area contributed by atoms with E-state index in [0.717, 1.165) is 37.3 Å². The van der Waals surface area contributed by atoms with Crippen LogP contribution < -0.4 is 5.32 Å². The van der Waals surface area contributed by atoms with Gasteiger partial charge in [-0.1, -0.05) is 48.3 Å². The highest BCUT2D eigenvalue weighted by molar-refractivity contribution is 7.99. The van der Waals surface area contributed by atoms with Crippen molar-refractivity contribution in [1.29, 1.82) is 0 Å². The molecule has 2 aromatic carbocycles. The van der Waals surface area contributed by atoms with Crippen LogP contribution in [0, 0.1) is 5.82 Å². The van der Waals surface area contributed by atoms with Crippen LogP contribution in [0.3, 0.4) is 0 Å². The van der Waals surface area contributed by atoms with Crippen molar-refractivity contribution in [1.82, 2.24) is 14.8 Å². The molecule has 1 aromatic heterocycles. The molecule has 0 bridgehead atoms. The number of carbonyl (C=O) groups is 2. The highest BCUT2D eigenvalue weighted by Gasteiger charge is 2.26. The van der Waals surface area contributed by atoms with Gasteiger partial charge < -0.3 is 5.32 Å². The second-order valence-corrected chi connectivity index (χ2v) is 9.03. The van der Waals surface area contributed by atoms with E-state index in [-0.39, 0.29) is 29.0 Å². The number of rotatable bonds is 7. The van der Waals surface area contributed by atoms with Crippen molar-refractivity contribution in [2.75, 3.05) is 11.1 Å². The predicted octanol–water partition coefficient (Wildman–Crippen LogP) is 5.79. The summed E-state index contributed by atoms with van der Waals surface area (Å²) in [7, 11) is 0. The van der Waals surface area contributed by atoms with Gasteiger partial charge in [0.1, 0.15) is 5.82 Å². The van der Waals surface area contributed by atoms with Crippen molar-refractivity contribution in [2.24, 2.45) is 0 Å². The van der Waals surface area contributed by atoms with Gasteiger partial charge in [-0.3, -0.25) is 14.2 Å². The van der Waals surface area contributed by atoms with E-state index in [9.17, 15) is 14.0 Å². The molecule has 6 nitrogen and oxygen atoms in total. The van der Waals surface area contributed by atoms with Crippen LogP contribution in [0.25, 0.3) is 11.4 Å². The van der Waals surface area contributed by atoms with Gasteiger partial charge in [0, 0.05) is 24.2 Å². The molecule has 0 aliphatic heterocycles. The van der Waals surface area contributed by atoms with Crippen molar-refractivity contribution >= 4 is 40.7 Å². The Labute approximate surface area is 194 Å². The number of hydrogen-bond acceptors (Lipinski definition) is 5. The van der Waals surface area contributed by atoms with Crippen LogP contribution >= 0.6 is 23.4 Å². The van der Waals surface area contributed by atoms with Crippen LogP contribution in [0.15, 0.2) is 47.6 Å². The monoisotopic (exact) mass is 472 g/mol. The van der Waals surface area contributed by atoms with Gasteiger partial charge in [-0.15, -0.1) is 10.2 Å². The summed E-state index contributed by atoms with van der Waals surface area (Å²) in [5, 5.41) is 12.4. The quantitative estimate of drug-likeness (QED) is 0.348. The zero-order valence-electron chi connectivity index (χ0n) is 17.5. The summed E-state index contributed by atoms with van der Waals surface area (Å²) in [5.74, 6) is -0.634. The number of ketones is 1. The molecule has 1 aliphatic rings. The SMILES string of the molecule is CC(=O)Nc1ccc(C(=O)CSc2nnc(-c3ccccc3Cl)n2C2CCCC2)c(F)c1. The minimum absolute atomic E-state index is 0.0176. The molecule has 32 heavy (non-hydrogen) atoms. The normalized spacial score (nSPS) is 14.0. The number of halogens is 2. The third kappa shape index (κ3) is 4.86. The third-order valence-corrected chi connectivity index (χ3v) is 6.66. The molecule has 4 rings (SSSR count). The van der Waals surface area contributed by atoms with E-state index >= 15 is 0 Å². The van der Waals surface area contributed by atoms with Gasteiger partial charge in [0.25, 0.3) is 0 Å². The van der Waals surface area contributed by atoms with Gasteiger partial charge in [-0.2, -0.15) is 0 Å². The maximum absolute atomic E-state index is 14.4. The smallest absolute Gasteiger partial charge is 0.221 e. The van der Waals surface area contributed by atoms with Crippen LogP contribution in [0.5, 0.6) is 0 Å². The molecule has 1 N–H and O–H groups in total. The fourth-order valence-corrected chi connectivity index (χ4v) is 5.03. The highest BCUT2D eigenvalue weighted by Crippen LogP contribution is 2.38. The summed E-state index contributed by atoms with van der Waals surface area (Å²) in [6, 6.07) is 11.8. The number of Topliss-reactive ketones (excluding diaryl/α,β-unsaturated/α-hetero) is 1. The van der Waals surface area contributed by atoms with Crippen LogP contribution in [0.2, 0.25) is 5.02 Å². The van der Waals surface area contributed by atoms with Gasteiger partial charge >= 0.3 is 0 Å². The van der Waals surface area contributed by atoms with E-state index in [1.165, 1.54) is 30.8 Å². The summed E-state index contributed by atoms with van der Waals surface area (Å²) in [6.07, 6.45) is 4.27. The molecule has 166 valence electrons. The third-order valence-electron chi connectivity index (χ3n) is 5.39. The molecule has 1 aliphatic carbocycles. The van der Waals surface area contributed by atoms with Gasteiger partial charge in [-0.25, -0.2) is 4.39 Å². The number of amides is 1. The van der Waals surface area contributed by atoms with Crippen LogP contribution in [-0.4, -0.2) is 32.2 Å². The fraction of sp³-hybridized carbons (Fsp3) is 0.304. The first-order valence-electron chi connectivity index (χ1n) is 10.4. The van der Waals surface area contributed by atoms with Gasteiger partial charge in [0.2, 0.25) is 5.91 Å². The predicted molar refractivity (Wildman–Crippen MR) is 124 cm³/mol. The molecular weight excluding hydrogens is 451 g/mol. The molecule has 0 saturated heterocycles. The number of nitrogens with one attached hydrogen (secondary N) is 1. The first kappa shape index (κ1) is 22.5. The van der Waals surface area contributed by atoms with Crippen molar-refractivity contribution in [2.45, 2.75) is 43.8 Å². The fourth-order valence-electron chi connectivity index (χ4n) is 3.92. The average Bonchev–Trinajstić information content (AvgIpc) is 3.41. The topological polar surface area (TPSA) is 76.9 Å². The Balaban J connectivity index is 1.56. The minimum atomic E-state index is -0.670. The Hall–Kier alpha value is -2.71. The lowest BCUT2D eigenvalue weighted by atomic mass is 10.1. The van der Waals surface area contributed by atoms with Crippen LogP contribution in [0.1, 0.15) is 49.0 Å². The molecule has 1 saturated carbocycles. The molecule has 0 radical (unpaired) electrons. The second kappa shape index (κ2) is 9.83. The molecule has 0 unspecified atom stereocenters. The molecule has 3 aromatic rings. The number of nitrogens with zero attached hydrogens (tertiary/aromatic N) is 3. The molecule has 0 atom stereocenters. The Morgan fingerprint density at radius 3 is 2.62 bits per heavy atom. The summed E-state index contributed by atoms with van der Waals surface area (Å²) in [6.45, 7) is 1.34. The number of hydrogen-bond donors (Lipinski definition) is 1. The summed E-state index contributed by atoms with van der Waals surface area (Å²) < 4.78 is 16.5. The lowest BCUT2D eigenvalue weighted by Gasteiger charge is -2.17. The summed E-state index contributed by atoms with van der Waals surface area (Å²) >= 11 is 7.65. The Kier molecular flexibility index (Phi) is 6.91. The molecule has 1 amide bonds. The lowest BCUT2D eigenvalue weighted by Crippen LogP contribution is -2.11. The van der Waals surface area contributed by atoms with Crippen molar-refractivity contribution < 1.29 is 14.0 Å². The van der Waals surface area contributed by atoms with Crippen molar-refractivity contribution in [3.8, 4) is 11.4 Å². The average molecular weight is 473 g/mol. The minimum Gasteiger partial charge on any atom is -0.326 e. The Morgan fingerprint density at radius 2 is 1.94 bits per heavy atom. The van der Waals surface area contributed by atoms with Gasteiger partial charge in [0.05, 0.1) is 16.3 Å².